The van der Waals surface area contributed by atoms with Crippen LogP contribution in [0.25, 0.3) is 0 Å². The van der Waals surface area contributed by atoms with E-state index in [1.54, 1.807) is 33.7 Å². The van der Waals surface area contributed by atoms with Crippen molar-refractivity contribution in [1.82, 2.24) is 5.32 Å². The minimum Gasteiger partial charge on any atom is -0.507 e. The molecule has 0 atom stereocenters. The van der Waals surface area contributed by atoms with Crippen molar-refractivity contribution in [1.29, 1.82) is 0 Å². The molecule has 20 heavy (non-hydrogen) atoms. The third-order valence-corrected chi connectivity index (χ3v) is 5.92. The predicted molar refractivity (Wildman–Crippen MR) is 85.6 cm³/mol. The quantitative estimate of drug-likeness (QED) is 0.325. The van der Waals surface area contributed by atoms with Gasteiger partial charge in [0.25, 0.3) is 5.91 Å². The Morgan fingerprint density at radius 2 is 2.15 bits per heavy atom. The predicted octanol–water partition coefficient (Wildman–Crippen LogP) is 2.41. The van der Waals surface area contributed by atoms with Gasteiger partial charge in [0.15, 0.2) is 0 Å². The van der Waals surface area contributed by atoms with Crippen molar-refractivity contribution < 1.29 is 15.1 Å². The maximum atomic E-state index is 12.0. The van der Waals surface area contributed by atoms with Crippen LogP contribution in [-0.2, 0) is 11.2 Å². The van der Waals surface area contributed by atoms with E-state index in [0.29, 0.717) is 4.47 Å². The molecule has 0 unspecified atom stereocenters. The fourth-order valence-electron chi connectivity index (χ4n) is 1.68. The van der Waals surface area contributed by atoms with Crippen LogP contribution in [-0.4, -0.2) is 39.5 Å². The van der Waals surface area contributed by atoms with Gasteiger partial charge in [0.1, 0.15) is 11.5 Å². The van der Waals surface area contributed by atoms with Crippen LogP contribution in [0.5, 0.6) is 5.75 Å². The summed E-state index contributed by atoms with van der Waals surface area (Å²) in [5.74, 6) is 1.49. The molecule has 0 spiro atoms. The third kappa shape index (κ3) is 4.07. The Bertz CT molecular complexity index is 533. The number of aromatic hydroxyl groups is 1. The van der Waals surface area contributed by atoms with Gasteiger partial charge in [0, 0.05) is 24.0 Å². The van der Waals surface area contributed by atoms with Crippen molar-refractivity contribution in [3.63, 3.8) is 0 Å². The Labute approximate surface area is 132 Å². The highest BCUT2D eigenvalue weighted by molar-refractivity contribution is 9.10. The van der Waals surface area contributed by atoms with Gasteiger partial charge in [-0.3, -0.25) is 4.79 Å². The van der Waals surface area contributed by atoms with Gasteiger partial charge in [-0.2, -0.15) is 0 Å². The molecule has 0 aliphatic carbocycles. The van der Waals surface area contributed by atoms with Gasteiger partial charge in [-0.25, -0.2) is 0 Å². The normalized spacial score (nSPS) is 16.4. The number of oxime groups is 1. The van der Waals surface area contributed by atoms with Gasteiger partial charge in [0.05, 0.1) is 4.47 Å². The number of rotatable bonds is 4. The van der Waals surface area contributed by atoms with E-state index in [9.17, 15) is 9.90 Å². The number of halogens is 1. The van der Waals surface area contributed by atoms with Gasteiger partial charge in [-0.1, -0.05) is 32.8 Å². The summed E-state index contributed by atoms with van der Waals surface area (Å²) in [4.78, 5) is 12.0. The van der Waals surface area contributed by atoms with E-state index in [4.69, 9.17) is 5.21 Å². The molecule has 3 N–H and O–H groups in total. The van der Waals surface area contributed by atoms with Crippen molar-refractivity contribution >= 4 is 49.1 Å². The van der Waals surface area contributed by atoms with Crippen LogP contribution in [0.4, 0.5) is 0 Å². The van der Waals surface area contributed by atoms with Crippen LogP contribution < -0.4 is 5.32 Å². The molecule has 1 aliphatic rings. The first-order valence-corrected chi connectivity index (χ1v) is 9.12. The van der Waals surface area contributed by atoms with Gasteiger partial charge in [-0.05, 0) is 33.6 Å². The van der Waals surface area contributed by atoms with E-state index in [1.807, 2.05) is 0 Å². The Balaban J connectivity index is 2.00. The van der Waals surface area contributed by atoms with Gasteiger partial charge in [-0.15, -0.1) is 0 Å². The first-order valence-electron chi connectivity index (χ1n) is 5.83. The van der Waals surface area contributed by atoms with Crippen LogP contribution in [0.15, 0.2) is 27.8 Å². The SMILES string of the molecule is O=C(NC1CSSC1)/C(Cc1ccc(O)c(Br)c1)=N/O. The number of benzene rings is 1. The number of phenols is 1. The second-order valence-corrected chi connectivity index (χ2v) is 7.66. The van der Waals surface area contributed by atoms with E-state index in [0.717, 1.165) is 17.1 Å². The van der Waals surface area contributed by atoms with Crippen molar-refractivity contribution in [3.8, 4) is 5.75 Å². The number of hydrogen-bond donors (Lipinski definition) is 3. The summed E-state index contributed by atoms with van der Waals surface area (Å²) in [6.07, 6.45) is 0.203. The Morgan fingerprint density at radius 1 is 1.45 bits per heavy atom. The average molecular weight is 377 g/mol. The minimum atomic E-state index is -0.357. The number of nitrogens with zero attached hydrogens (tertiary/aromatic N) is 1. The summed E-state index contributed by atoms with van der Waals surface area (Å²) in [5.41, 5.74) is 0.831. The monoisotopic (exact) mass is 376 g/mol. The van der Waals surface area contributed by atoms with Crippen LogP contribution in [0.3, 0.4) is 0 Å². The molecule has 2 rings (SSSR count). The number of hydrogen-bond acceptors (Lipinski definition) is 6. The van der Waals surface area contributed by atoms with Crippen LogP contribution >= 0.6 is 37.5 Å². The molecule has 5 nitrogen and oxygen atoms in total. The summed E-state index contributed by atoms with van der Waals surface area (Å²) in [5, 5.41) is 24.4. The van der Waals surface area contributed by atoms with Crippen molar-refractivity contribution in [2.75, 3.05) is 11.5 Å². The van der Waals surface area contributed by atoms with Gasteiger partial charge in [0.2, 0.25) is 0 Å². The summed E-state index contributed by atoms with van der Waals surface area (Å²) < 4.78 is 0.538. The molecule has 1 amide bonds. The fraction of sp³-hybridized carbons (Fsp3) is 0.333. The number of phenolic OH excluding ortho intramolecular Hbond substituents is 1. The first kappa shape index (κ1) is 15.5. The molecule has 108 valence electrons. The van der Waals surface area contributed by atoms with E-state index in [-0.39, 0.29) is 29.8 Å². The molecular weight excluding hydrogens is 364 g/mol. The molecule has 8 heteroatoms. The highest BCUT2D eigenvalue weighted by atomic mass is 79.9. The third-order valence-electron chi connectivity index (χ3n) is 2.72. The van der Waals surface area contributed by atoms with Crippen LogP contribution in [0.1, 0.15) is 5.56 Å². The number of carbonyl (C=O) groups excluding carboxylic acids is 1. The van der Waals surface area contributed by atoms with Gasteiger partial charge < -0.3 is 15.6 Å². The van der Waals surface area contributed by atoms with Crippen LogP contribution in [0, 0.1) is 0 Å². The number of amides is 1. The summed E-state index contributed by atoms with van der Waals surface area (Å²) >= 11 is 3.21. The average Bonchev–Trinajstić information content (AvgIpc) is 2.92. The van der Waals surface area contributed by atoms with Gasteiger partial charge >= 0.3 is 0 Å². The van der Waals surface area contributed by atoms with Crippen molar-refractivity contribution in [3.05, 3.63) is 28.2 Å². The molecule has 1 heterocycles. The largest absolute Gasteiger partial charge is 0.507 e. The maximum absolute atomic E-state index is 12.0. The molecular formula is C12H13BrN2O3S2. The van der Waals surface area contributed by atoms with E-state index >= 15 is 0 Å². The lowest BCUT2D eigenvalue weighted by Gasteiger charge is -2.11. The highest BCUT2D eigenvalue weighted by Crippen LogP contribution is 2.30. The molecule has 1 aromatic rings. The lowest BCUT2D eigenvalue weighted by molar-refractivity contribution is -0.115. The van der Waals surface area contributed by atoms with Crippen LogP contribution in [0.2, 0.25) is 0 Å². The molecule has 0 bridgehead atoms. The first-order chi connectivity index (χ1) is 9.60. The molecule has 0 aromatic heterocycles. The lowest BCUT2D eigenvalue weighted by atomic mass is 10.1. The van der Waals surface area contributed by atoms with Crippen molar-refractivity contribution in [2.24, 2.45) is 5.16 Å². The smallest absolute Gasteiger partial charge is 0.269 e. The zero-order valence-electron chi connectivity index (χ0n) is 10.4. The Morgan fingerprint density at radius 3 is 2.75 bits per heavy atom. The zero-order valence-corrected chi connectivity index (χ0v) is 13.6. The molecule has 1 aromatic carbocycles. The second-order valence-electron chi connectivity index (χ2n) is 4.25. The standard InChI is InChI=1S/C12H13BrN2O3S2/c13-9-3-7(1-2-11(9)16)4-10(15-18)12(17)14-8-5-19-20-6-8/h1-3,8,16,18H,4-6H2,(H,14,17)/b15-10+. The molecule has 0 saturated carbocycles. The number of carbonyl (C=O) groups is 1. The summed E-state index contributed by atoms with van der Waals surface area (Å²) in [6.45, 7) is 0. The number of nitrogens with one attached hydrogen (secondary N) is 1. The molecule has 1 fully saturated rings. The zero-order chi connectivity index (χ0) is 14.5. The minimum absolute atomic E-state index is 0.0597. The Kier molecular flexibility index (Phi) is 5.62. The highest BCUT2D eigenvalue weighted by Gasteiger charge is 2.21. The topological polar surface area (TPSA) is 81.9 Å². The second kappa shape index (κ2) is 7.24. The van der Waals surface area contributed by atoms with Crippen molar-refractivity contribution in [2.45, 2.75) is 12.5 Å². The maximum Gasteiger partial charge on any atom is 0.269 e. The molecule has 0 radical (unpaired) electrons. The summed E-state index contributed by atoms with van der Waals surface area (Å²) in [6, 6.07) is 5.01. The van der Waals surface area contributed by atoms with E-state index < -0.39 is 0 Å². The summed E-state index contributed by atoms with van der Waals surface area (Å²) in [7, 11) is 3.43. The molecule has 1 saturated heterocycles. The Hall–Kier alpha value is -0.860. The van der Waals surface area contributed by atoms with E-state index in [2.05, 4.69) is 26.4 Å². The molecule has 1 aliphatic heterocycles. The fourth-order valence-corrected chi connectivity index (χ4v) is 4.74. The van der Waals surface area contributed by atoms with E-state index in [1.165, 1.54) is 6.07 Å². The lowest BCUT2D eigenvalue weighted by Crippen LogP contribution is -2.41.